The average Bonchev–Trinajstić information content (AvgIpc) is 1.91. The topological polar surface area (TPSA) is 29.3 Å². The van der Waals surface area contributed by atoms with Crippen molar-refractivity contribution in [1.82, 2.24) is 5.01 Å². The van der Waals surface area contributed by atoms with Gasteiger partial charge in [0.05, 0.1) is 0 Å². The summed E-state index contributed by atoms with van der Waals surface area (Å²) in [5.74, 6) is 5.47. The van der Waals surface area contributed by atoms with Gasteiger partial charge in [-0.2, -0.15) is 0 Å². The van der Waals surface area contributed by atoms with Gasteiger partial charge < -0.3 is 0 Å². The Bertz CT molecular complexity index is 58.3. The second-order valence-corrected chi connectivity index (χ2v) is 2.80. The van der Waals surface area contributed by atoms with Crippen molar-refractivity contribution in [3.63, 3.8) is 0 Å². The maximum absolute atomic E-state index is 5.47. The van der Waals surface area contributed by atoms with E-state index in [0.29, 0.717) is 0 Å². The van der Waals surface area contributed by atoms with Crippen LogP contribution in [0.2, 0.25) is 0 Å². The van der Waals surface area contributed by atoms with E-state index in [2.05, 4.69) is 13.8 Å². The molecule has 0 amide bonds. The largest absolute Gasteiger partial charge is 0.269 e. The lowest BCUT2D eigenvalue weighted by Gasteiger charge is -2.20. The van der Waals surface area contributed by atoms with Crippen LogP contribution in [0, 0.1) is 0 Å². The molecule has 2 nitrogen and oxygen atoms in total. The first-order valence-corrected chi connectivity index (χ1v) is 4.30. The highest BCUT2D eigenvalue weighted by Gasteiger charge is 2.02. The van der Waals surface area contributed by atoms with Crippen molar-refractivity contribution < 1.29 is 0 Å². The van der Waals surface area contributed by atoms with Crippen LogP contribution in [0.5, 0.6) is 0 Å². The minimum Gasteiger partial charge on any atom is -0.269 e. The van der Waals surface area contributed by atoms with Crippen LogP contribution >= 0.6 is 0 Å². The fraction of sp³-hybridized carbons (Fsp3) is 1.00. The SMILES string of the molecule is CCC.NN1CCCCC1. The van der Waals surface area contributed by atoms with Gasteiger partial charge in [-0.15, -0.1) is 0 Å². The van der Waals surface area contributed by atoms with Crippen LogP contribution in [0.25, 0.3) is 0 Å². The van der Waals surface area contributed by atoms with E-state index in [1.165, 1.54) is 25.7 Å². The van der Waals surface area contributed by atoms with Crippen LogP contribution < -0.4 is 5.84 Å². The molecule has 0 aromatic heterocycles. The van der Waals surface area contributed by atoms with E-state index in [4.69, 9.17) is 5.84 Å². The third-order valence-corrected chi connectivity index (χ3v) is 1.39. The highest BCUT2D eigenvalue weighted by molar-refractivity contribution is 4.56. The molecule has 2 N–H and O–H groups in total. The smallest absolute Gasteiger partial charge is 0.0128 e. The molecule has 1 fully saturated rings. The maximum atomic E-state index is 5.47. The molecule has 1 rings (SSSR count). The number of piperidine rings is 1. The normalized spacial score (nSPS) is 19.5. The van der Waals surface area contributed by atoms with Crippen molar-refractivity contribution in [3.05, 3.63) is 0 Å². The Kier molecular flexibility index (Phi) is 6.98. The minimum absolute atomic E-state index is 1.10. The summed E-state index contributed by atoms with van der Waals surface area (Å²) in [5, 5.41) is 1.89. The van der Waals surface area contributed by atoms with Gasteiger partial charge in [0.25, 0.3) is 0 Å². The second kappa shape index (κ2) is 7.03. The van der Waals surface area contributed by atoms with E-state index in [1.807, 2.05) is 5.01 Å². The first kappa shape index (κ1) is 9.92. The lowest BCUT2D eigenvalue weighted by molar-refractivity contribution is 0.235. The molecule has 0 aromatic rings. The number of hydrazine groups is 1. The van der Waals surface area contributed by atoms with Gasteiger partial charge in [-0.3, -0.25) is 5.84 Å². The molecule has 0 bridgehead atoms. The molecular weight excluding hydrogens is 124 g/mol. The molecule has 0 aromatic carbocycles. The third-order valence-electron chi connectivity index (χ3n) is 1.39. The lowest BCUT2D eigenvalue weighted by atomic mass is 10.2. The Morgan fingerprint density at radius 2 is 1.50 bits per heavy atom. The molecule has 0 saturated carbocycles. The van der Waals surface area contributed by atoms with E-state index in [9.17, 15) is 0 Å². The summed E-state index contributed by atoms with van der Waals surface area (Å²) in [6.07, 6.45) is 5.20. The van der Waals surface area contributed by atoms with Crippen molar-refractivity contribution in [2.45, 2.75) is 39.5 Å². The monoisotopic (exact) mass is 144 g/mol. The second-order valence-electron chi connectivity index (χ2n) is 2.80. The molecule has 1 aliphatic rings. The lowest BCUT2D eigenvalue weighted by Crippen LogP contribution is -2.35. The van der Waals surface area contributed by atoms with Crippen molar-refractivity contribution in [2.75, 3.05) is 13.1 Å². The molecule has 0 spiro atoms. The third kappa shape index (κ3) is 6.05. The molecule has 0 atom stereocenters. The standard InChI is InChI=1S/C5H12N2.C3H8/c6-7-4-2-1-3-5-7;1-3-2/h1-6H2;3H2,1-2H3. The summed E-state index contributed by atoms with van der Waals surface area (Å²) in [6.45, 7) is 6.44. The maximum Gasteiger partial charge on any atom is 0.0128 e. The quantitative estimate of drug-likeness (QED) is 0.525. The number of hydrogen-bond donors (Lipinski definition) is 1. The molecule has 10 heavy (non-hydrogen) atoms. The van der Waals surface area contributed by atoms with Crippen molar-refractivity contribution in [1.29, 1.82) is 0 Å². The van der Waals surface area contributed by atoms with E-state index < -0.39 is 0 Å². The zero-order chi connectivity index (χ0) is 7.82. The zero-order valence-corrected chi connectivity index (χ0v) is 7.27. The van der Waals surface area contributed by atoms with E-state index >= 15 is 0 Å². The first-order valence-electron chi connectivity index (χ1n) is 4.30. The minimum atomic E-state index is 1.10. The molecule has 62 valence electrons. The highest BCUT2D eigenvalue weighted by atomic mass is 15.4. The Balaban J connectivity index is 0.000000236. The highest BCUT2D eigenvalue weighted by Crippen LogP contribution is 2.03. The van der Waals surface area contributed by atoms with Gasteiger partial charge >= 0.3 is 0 Å². The van der Waals surface area contributed by atoms with E-state index in [0.717, 1.165) is 13.1 Å². The van der Waals surface area contributed by atoms with Gasteiger partial charge in [-0.25, -0.2) is 5.01 Å². The Morgan fingerprint density at radius 3 is 1.70 bits per heavy atom. The van der Waals surface area contributed by atoms with Crippen LogP contribution in [0.1, 0.15) is 39.5 Å². The van der Waals surface area contributed by atoms with Crippen molar-refractivity contribution in [2.24, 2.45) is 5.84 Å². The first-order chi connectivity index (χ1) is 4.81. The van der Waals surface area contributed by atoms with Gasteiger partial charge in [-0.1, -0.05) is 26.7 Å². The van der Waals surface area contributed by atoms with Crippen LogP contribution in [-0.4, -0.2) is 18.1 Å². The van der Waals surface area contributed by atoms with E-state index in [1.54, 1.807) is 0 Å². The van der Waals surface area contributed by atoms with E-state index in [-0.39, 0.29) is 0 Å². The summed E-state index contributed by atoms with van der Waals surface area (Å²) in [6, 6.07) is 0. The molecule has 1 saturated heterocycles. The van der Waals surface area contributed by atoms with Crippen LogP contribution in [0.15, 0.2) is 0 Å². The fourth-order valence-corrected chi connectivity index (χ4v) is 0.918. The predicted molar refractivity (Wildman–Crippen MR) is 45.6 cm³/mol. The van der Waals surface area contributed by atoms with Gasteiger partial charge in [0.1, 0.15) is 0 Å². The number of nitrogens with zero attached hydrogens (tertiary/aromatic N) is 1. The van der Waals surface area contributed by atoms with Crippen LogP contribution in [0.3, 0.4) is 0 Å². The van der Waals surface area contributed by atoms with Crippen LogP contribution in [0.4, 0.5) is 0 Å². The summed E-state index contributed by atoms with van der Waals surface area (Å²) >= 11 is 0. The Labute approximate surface area is 64.4 Å². The number of rotatable bonds is 0. The zero-order valence-electron chi connectivity index (χ0n) is 7.27. The molecular formula is C8H20N2. The van der Waals surface area contributed by atoms with Gasteiger partial charge in [-0.05, 0) is 12.8 Å². The van der Waals surface area contributed by atoms with Crippen LogP contribution in [-0.2, 0) is 0 Å². The molecule has 0 aliphatic carbocycles. The number of nitrogens with two attached hydrogens (primary N) is 1. The fourth-order valence-electron chi connectivity index (χ4n) is 0.918. The molecule has 1 heterocycles. The van der Waals surface area contributed by atoms with Gasteiger partial charge in [0.2, 0.25) is 0 Å². The number of hydrogen-bond acceptors (Lipinski definition) is 2. The van der Waals surface area contributed by atoms with Gasteiger partial charge in [0.15, 0.2) is 0 Å². The Morgan fingerprint density at radius 1 is 1.10 bits per heavy atom. The molecule has 2 heteroatoms. The molecule has 1 aliphatic heterocycles. The Hall–Kier alpha value is -0.0800. The van der Waals surface area contributed by atoms with Gasteiger partial charge in [0, 0.05) is 13.1 Å². The average molecular weight is 144 g/mol. The summed E-state index contributed by atoms with van der Waals surface area (Å²) < 4.78 is 0. The van der Waals surface area contributed by atoms with Crippen molar-refractivity contribution in [3.8, 4) is 0 Å². The summed E-state index contributed by atoms with van der Waals surface area (Å²) in [4.78, 5) is 0. The molecule has 0 unspecified atom stereocenters. The summed E-state index contributed by atoms with van der Waals surface area (Å²) in [5.41, 5.74) is 0. The summed E-state index contributed by atoms with van der Waals surface area (Å²) in [7, 11) is 0. The molecule has 0 radical (unpaired) electrons. The van der Waals surface area contributed by atoms with Crippen molar-refractivity contribution >= 4 is 0 Å². The predicted octanol–water partition coefficient (Wildman–Crippen LogP) is 1.76.